The van der Waals surface area contributed by atoms with Gasteiger partial charge in [-0.3, -0.25) is 0 Å². The van der Waals surface area contributed by atoms with E-state index >= 15 is 0 Å². The summed E-state index contributed by atoms with van der Waals surface area (Å²) in [7, 11) is 0. The number of amides is 1. The summed E-state index contributed by atoms with van der Waals surface area (Å²) < 4.78 is 2.93. The second-order valence-corrected chi connectivity index (χ2v) is 9.91. The zero-order chi connectivity index (χ0) is 10.1. The molecule has 0 unspecified atom stereocenters. The molecule has 0 radical (unpaired) electrons. The summed E-state index contributed by atoms with van der Waals surface area (Å²) in [6.07, 6.45) is 0. The van der Waals surface area contributed by atoms with Gasteiger partial charge in [0.05, 0.1) is 0 Å². The maximum atomic E-state index is 11.5. The van der Waals surface area contributed by atoms with Crippen molar-refractivity contribution in [3.8, 4) is 0 Å². The molecule has 0 fully saturated rings. The quantitative estimate of drug-likeness (QED) is 0.554. The van der Waals surface area contributed by atoms with Crippen LogP contribution in [-0.2, 0) is 9.22 Å². The molecule has 1 N–H and O–H groups in total. The first-order chi connectivity index (χ1) is 6.65. The van der Waals surface area contributed by atoms with Gasteiger partial charge in [-0.15, -0.1) is 0 Å². The third kappa shape index (κ3) is 2.28. The second-order valence-electron chi connectivity index (χ2n) is 3.34. The van der Waals surface area contributed by atoms with Crippen molar-refractivity contribution >= 4 is 47.3 Å². The molecular formula is C10H11BrINO. The van der Waals surface area contributed by atoms with Gasteiger partial charge in [0.25, 0.3) is 0 Å². The Labute approximate surface area is 99.0 Å². The summed E-state index contributed by atoms with van der Waals surface area (Å²) in [6, 6.07) is 6.14. The second kappa shape index (κ2) is 4.18. The van der Waals surface area contributed by atoms with E-state index in [0.717, 1.165) is 19.0 Å². The van der Waals surface area contributed by atoms with Crippen LogP contribution in [0.5, 0.6) is 0 Å². The average molecular weight is 368 g/mol. The number of rotatable bonds is 0. The van der Waals surface area contributed by atoms with Crippen molar-refractivity contribution in [1.82, 2.24) is 0 Å². The van der Waals surface area contributed by atoms with Gasteiger partial charge in [-0.2, -0.15) is 0 Å². The molecule has 0 aliphatic carbocycles. The number of hydrogen-bond donors (Lipinski definition) is 1. The summed E-state index contributed by atoms with van der Waals surface area (Å²) in [6.45, 7) is 0. The van der Waals surface area contributed by atoms with Gasteiger partial charge in [0.1, 0.15) is 0 Å². The van der Waals surface area contributed by atoms with E-state index in [0.29, 0.717) is 0 Å². The van der Waals surface area contributed by atoms with Crippen molar-refractivity contribution in [2.75, 3.05) is 14.7 Å². The molecule has 76 valence electrons. The molecule has 0 saturated heterocycles. The van der Waals surface area contributed by atoms with Crippen LogP contribution in [0.25, 0.3) is 0 Å². The van der Waals surface area contributed by atoms with E-state index in [9.17, 15) is 4.79 Å². The molecule has 0 saturated carbocycles. The van der Waals surface area contributed by atoms with E-state index in [1.165, 1.54) is 5.56 Å². The summed E-state index contributed by atoms with van der Waals surface area (Å²) in [5, 5.41) is 2.96. The van der Waals surface area contributed by atoms with E-state index in [2.05, 4.69) is 32.2 Å². The summed E-state index contributed by atoms with van der Waals surface area (Å²) >= 11 is 2.37. The molecule has 1 aliphatic rings. The van der Waals surface area contributed by atoms with Crippen LogP contribution < -0.4 is 5.32 Å². The number of halogens is 2. The van der Waals surface area contributed by atoms with Crippen LogP contribution in [0.2, 0.25) is 0 Å². The Morgan fingerprint density at radius 2 is 2.21 bits per heavy atom. The summed E-state index contributed by atoms with van der Waals surface area (Å²) in [5.41, 5.74) is 2.29. The molecule has 1 aliphatic heterocycles. The molecule has 0 aromatic heterocycles. The number of benzene rings is 1. The molecule has 4 heteroatoms. The first kappa shape index (κ1) is 10.4. The van der Waals surface area contributed by atoms with Gasteiger partial charge in [-0.25, -0.2) is 0 Å². The average Bonchev–Trinajstić information content (AvgIpc) is 2.21. The van der Waals surface area contributed by atoms with Gasteiger partial charge in [0.15, 0.2) is 0 Å². The van der Waals surface area contributed by atoms with Crippen LogP contribution in [0.4, 0.5) is 5.69 Å². The topological polar surface area (TPSA) is 29.1 Å². The Morgan fingerprint density at radius 3 is 3.00 bits per heavy atom. The van der Waals surface area contributed by atoms with Crippen molar-refractivity contribution in [3.63, 3.8) is 0 Å². The van der Waals surface area contributed by atoms with Crippen molar-refractivity contribution in [2.45, 2.75) is 4.43 Å². The minimum absolute atomic E-state index is 0.189. The third-order valence-electron chi connectivity index (χ3n) is 2.07. The fraction of sp³-hybridized carbons (Fsp3) is 0.300. The molecule has 1 aromatic rings. The number of fused-ring (bicyclic) bond motifs is 1. The van der Waals surface area contributed by atoms with E-state index in [1.807, 2.05) is 12.1 Å². The maximum absolute atomic E-state index is 11.5. The molecule has 0 bridgehead atoms. The van der Waals surface area contributed by atoms with Gasteiger partial charge in [0.2, 0.25) is 0 Å². The predicted octanol–water partition coefficient (Wildman–Crippen LogP) is 3.04. The van der Waals surface area contributed by atoms with Gasteiger partial charge >= 0.3 is 99.5 Å². The summed E-state index contributed by atoms with van der Waals surface area (Å²) in [4.78, 5) is 13.7. The molecule has 0 spiro atoms. The van der Waals surface area contributed by atoms with E-state index < -0.39 is 19.8 Å². The monoisotopic (exact) mass is 367 g/mol. The zero-order valence-electron chi connectivity index (χ0n) is 7.81. The van der Waals surface area contributed by atoms with Crippen LogP contribution in [0, 0.1) is 0 Å². The number of anilines is 1. The van der Waals surface area contributed by atoms with E-state index in [4.69, 9.17) is 0 Å². The Bertz CT molecular complexity index is 380. The molecule has 1 aromatic carbocycles. The van der Waals surface area contributed by atoms with Crippen LogP contribution in [-0.4, -0.2) is 15.3 Å². The molecular weight excluding hydrogens is 357 g/mol. The molecule has 2 rings (SSSR count). The van der Waals surface area contributed by atoms with Crippen molar-refractivity contribution in [3.05, 3.63) is 28.2 Å². The minimum atomic E-state index is -1.04. The van der Waals surface area contributed by atoms with Gasteiger partial charge in [0, 0.05) is 0 Å². The molecule has 2 nitrogen and oxygen atoms in total. The Hall–Kier alpha value is -0.100. The Balaban J connectivity index is 2.41. The van der Waals surface area contributed by atoms with Crippen molar-refractivity contribution in [1.29, 1.82) is 0 Å². The first-order valence-corrected chi connectivity index (χ1v) is 10.3. The van der Waals surface area contributed by atoms with Crippen molar-refractivity contribution in [2.24, 2.45) is 0 Å². The fourth-order valence-electron chi connectivity index (χ4n) is 1.47. The molecule has 14 heavy (non-hydrogen) atoms. The zero-order valence-corrected chi connectivity index (χ0v) is 11.6. The van der Waals surface area contributed by atoms with Crippen LogP contribution in [0.3, 0.4) is 0 Å². The van der Waals surface area contributed by atoms with E-state index in [-0.39, 0.29) is 5.91 Å². The van der Waals surface area contributed by atoms with Crippen LogP contribution in [0.1, 0.15) is 5.56 Å². The first-order valence-electron chi connectivity index (χ1n) is 4.25. The Kier molecular flexibility index (Phi) is 3.11. The number of carbonyl (C=O) groups excluding carboxylic acids is 1. The number of hydrogen-bond acceptors (Lipinski definition) is 1. The Morgan fingerprint density at radius 1 is 1.43 bits per heavy atom. The fourth-order valence-corrected chi connectivity index (χ4v) is 5.54. The molecule has 1 amide bonds. The summed E-state index contributed by atoms with van der Waals surface area (Å²) in [5.74, 6) is 0.189. The van der Waals surface area contributed by atoms with Crippen LogP contribution >= 0.6 is 35.7 Å². The van der Waals surface area contributed by atoms with Crippen LogP contribution in [0.15, 0.2) is 22.7 Å². The number of nitrogens with one attached hydrogen (secondary N) is 1. The number of carbonyl (C=O) groups is 1. The number of alkyl halides is 3. The third-order valence-corrected chi connectivity index (χ3v) is 6.68. The van der Waals surface area contributed by atoms with Gasteiger partial charge in [-0.1, -0.05) is 0 Å². The molecule has 1 heterocycles. The van der Waals surface area contributed by atoms with Crippen molar-refractivity contribution < 1.29 is 4.79 Å². The predicted molar refractivity (Wildman–Crippen MR) is 71.3 cm³/mol. The normalized spacial score (nSPS) is 18.4. The SMILES string of the molecule is CI1CC(=O)Nc2cc(Br)ccc2C1. The molecule has 0 atom stereocenters. The van der Waals surface area contributed by atoms with Gasteiger partial charge in [-0.05, 0) is 0 Å². The van der Waals surface area contributed by atoms with Gasteiger partial charge < -0.3 is 0 Å². The standard InChI is InChI=1S/C10H11BrINO/c1-12-5-7-2-3-8(11)4-9(7)13-10(14)6-12/h2-4H,5-6H2,1H3,(H,13,14). The van der Waals surface area contributed by atoms with E-state index in [1.54, 1.807) is 0 Å².